The Morgan fingerprint density at radius 2 is 1.81 bits per heavy atom. The number of hydrogen-bond acceptors (Lipinski definition) is 3. The first-order chi connectivity index (χ1) is 14.8. The minimum absolute atomic E-state index is 0.245. The molecule has 158 valence electrons. The lowest BCUT2D eigenvalue weighted by Gasteiger charge is -2.43. The van der Waals surface area contributed by atoms with E-state index in [-0.39, 0.29) is 5.56 Å². The van der Waals surface area contributed by atoms with Crippen LogP contribution in [0, 0.1) is 0 Å². The lowest BCUT2D eigenvalue weighted by Crippen LogP contribution is -2.62. The van der Waals surface area contributed by atoms with Crippen LogP contribution in [0.25, 0.3) is 0 Å². The van der Waals surface area contributed by atoms with Gasteiger partial charge in [-0.3, -0.25) is 9.69 Å². The number of nitrogens with zero attached hydrogens (tertiary/aromatic N) is 1. The minimum Gasteiger partial charge on any atom is -0.359 e. The fourth-order valence-corrected chi connectivity index (χ4v) is 4.08. The number of anilines is 2. The van der Waals surface area contributed by atoms with Gasteiger partial charge in [0, 0.05) is 20.7 Å². The van der Waals surface area contributed by atoms with Crippen molar-refractivity contribution in [3.05, 3.63) is 93.4 Å². The first-order valence-electron chi connectivity index (χ1n) is 9.56. The molecule has 3 N–H and O–H groups in total. The van der Waals surface area contributed by atoms with E-state index in [1.54, 1.807) is 42.5 Å². The normalized spacial score (nSPS) is 18.7. The van der Waals surface area contributed by atoms with Crippen molar-refractivity contribution in [2.24, 2.45) is 0 Å². The highest BCUT2D eigenvalue weighted by Gasteiger charge is 2.52. The Balaban J connectivity index is 1.82. The summed E-state index contributed by atoms with van der Waals surface area (Å²) in [6, 6.07) is 19.6. The quantitative estimate of drug-likeness (QED) is 0.462. The molecule has 6 nitrogen and oxygen atoms in total. The fourth-order valence-electron chi connectivity index (χ4n) is 3.59. The second-order valence-corrected chi connectivity index (χ2v) is 8.56. The summed E-state index contributed by atoms with van der Waals surface area (Å²) in [7, 11) is 0. The average molecular weight is 501 g/mol. The third-order valence-corrected chi connectivity index (χ3v) is 5.92. The van der Waals surface area contributed by atoms with Crippen molar-refractivity contribution in [1.82, 2.24) is 5.32 Å². The van der Waals surface area contributed by atoms with E-state index in [1.807, 2.05) is 37.3 Å². The molecule has 0 aliphatic carbocycles. The number of amides is 3. The number of benzene rings is 3. The van der Waals surface area contributed by atoms with Gasteiger partial charge in [-0.15, -0.1) is 0 Å². The van der Waals surface area contributed by atoms with Crippen LogP contribution < -0.4 is 15.5 Å². The molecule has 1 heterocycles. The Labute approximate surface area is 193 Å². The summed E-state index contributed by atoms with van der Waals surface area (Å²) in [5.41, 5.74) is -0.513. The van der Waals surface area contributed by atoms with Gasteiger partial charge >= 0.3 is 6.03 Å². The number of carbonyl (C=O) groups excluding carboxylic acids is 2. The van der Waals surface area contributed by atoms with Crippen molar-refractivity contribution in [1.29, 1.82) is 0 Å². The molecule has 1 aliphatic heterocycles. The van der Waals surface area contributed by atoms with Crippen molar-refractivity contribution in [3.8, 4) is 0 Å². The molecule has 0 saturated carbocycles. The maximum atomic E-state index is 13.5. The van der Waals surface area contributed by atoms with Crippen LogP contribution in [0.1, 0.15) is 24.1 Å². The molecule has 1 aliphatic rings. The van der Waals surface area contributed by atoms with E-state index in [4.69, 9.17) is 11.6 Å². The van der Waals surface area contributed by atoms with Crippen molar-refractivity contribution >= 4 is 50.8 Å². The van der Waals surface area contributed by atoms with E-state index in [0.717, 1.165) is 10.5 Å². The monoisotopic (exact) mass is 499 g/mol. The summed E-state index contributed by atoms with van der Waals surface area (Å²) in [5, 5.41) is 17.9. The van der Waals surface area contributed by atoms with E-state index in [2.05, 4.69) is 26.6 Å². The van der Waals surface area contributed by atoms with Crippen LogP contribution in [0.2, 0.25) is 5.02 Å². The third-order valence-electron chi connectivity index (χ3n) is 5.17. The van der Waals surface area contributed by atoms with Gasteiger partial charge in [-0.2, -0.15) is 0 Å². The summed E-state index contributed by atoms with van der Waals surface area (Å²) < 4.78 is 0.654. The molecule has 2 unspecified atom stereocenters. The second kappa shape index (κ2) is 8.34. The maximum Gasteiger partial charge on any atom is 0.329 e. The molecule has 0 saturated heterocycles. The number of carbonyl (C=O) groups is 2. The first kappa shape index (κ1) is 21.4. The summed E-state index contributed by atoms with van der Waals surface area (Å²) in [6.07, 6.45) is 0. The number of urea groups is 1. The molecule has 31 heavy (non-hydrogen) atoms. The van der Waals surface area contributed by atoms with E-state index in [9.17, 15) is 14.7 Å². The molecule has 0 aromatic heterocycles. The van der Waals surface area contributed by atoms with Gasteiger partial charge in [-0.05, 0) is 55.0 Å². The van der Waals surface area contributed by atoms with Crippen molar-refractivity contribution in [3.63, 3.8) is 0 Å². The number of fused-ring (bicyclic) bond motifs is 1. The van der Waals surface area contributed by atoms with Gasteiger partial charge in [0.15, 0.2) is 0 Å². The molecule has 0 fully saturated rings. The van der Waals surface area contributed by atoms with E-state index < -0.39 is 23.7 Å². The van der Waals surface area contributed by atoms with Gasteiger partial charge in [-0.25, -0.2) is 4.79 Å². The molecule has 0 radical (unpaired) electrons. The second-order valence-electron chi connectivity index (χ2n) is 7.21. The summed E-state index contributed by atoms with van der Waals surface area (Å²) in [4.78, 5) is 27.6. The summed E-state index contributed by atoms with van der Waals surface area (Å²) >= 11 is 9.38. The zero-order chi connectivity index (χ0) is 22.2. The zero-order valence-electron chi connectivity index (χ0n) is 16.5. The third kappa shape index (κ3) is 3.92. The lowest BCUT2D eigenvalue weighted by molar-refractivity contribution is -0.141. The fraction of sp³-hybridized carbons (Fsp3) is 0.130. The van der Waals surface area contributed by atoms with E-state index >= 15 is 0 Å². The molecular formula is C23H19BrClN3O3. The SMILES string of the molecule is CC(NC(=O)C1(O)c2cc(Br)ccc2NC(=O)N1c1ccc(Cl)cc1)c1ccccc1. The number of aliphatic hydroxyl groups is 1. The van der Waals surface area contributed by atoms with Gasteiger partial charge in [0.2, 0.25) is 0 Å². The molecule has 2 atom stereocenters. The smallest absolute Gasteiger partial charge is 0.329 e. The molecule has 8 heteroatoms. The first-order valence-corrected chi connectivity index (χ1v) is 10.7. The molecule has 0 bridgehead atoms. The van der Waals surface area contributed by atoms with Crippen LogP contribution in [0.3, 0.4) is 0 Å². The zero-order valence-corrected chi connectivity index (χ0v) is 18.8. The predicted molar refractivity (Wildman–Crippen MR) is 124 cm³/mol. The van der Waals surface area contributed by atoms with Gasteiger partial charge < -0.3 is 15.7 Å². The van der Waals surface area contributed by atoms with Gasteiger partial charge in [0.1, 0.15) is 0 Å². The highest BCUT2D eigenvalue weighted by molar-refractivity contribution is 9.10. The molecule has 4 rings (SSSR count). The Morgan fingerprint density at radius 1 is 1.13 bits per heavy atom. The minimum atomic E-state index is -2.29. The number of rotatable bonds is 4. The van der Waals surface area contributed by atoms with Crippen LogP contribution >= 0.6 is 27.5 Å². The molecular weight excluding hydrogens is 482 g/mol. The molecule has 3 aromatic carbocycles. The Morgan fingerprint density at radius 3 is 2.48 bits per heavy atom. The highest BCUT2D eigenvalue weighted by atomic mass is 79.9. The molecule has 3 aromatic rings. The van der Waals surface area contributed by atoms with Gasteiger partial charge in [0.25, 0.3) is 11.6 Å². The Kier molecular flexibility index (Phi) is 5.75. The van der Waals surface area contributed by atoms with Crippen molar-refractivity contribution in [2.75, 3.05) is 10.2 Å². The highest BCUT2D eigenvalue weighted by Crippen LogP contribution is 2.41. The molecule has 3 amide bonds. The van der Waals surface area contributed by atoms with Crippen molar-refractivity contribution in [2.45, 2.75) is 18.7 Å². The topological polar surface area (TPSA) is 81.7 Å². The standard InChI is InChI=1S/C23H19BrClN3O3/c1-14(15-5-3-2-4-6-15)26-21(29)23(31)19-13-16(24)7-12-20(19)27-22(30)28(23)18-10-8-17(25)9-11-18/h2-14,31H,1H3,(H,26,29)(H,27,30). The van der Waals surface area contributed by atoms with E-state index in [1.165, 1.54) is 0 Å². The van der Waals surface area contributed by atoms with Crippen LogP contribution in [-0.4, -0.2) is 17.0 Å². The predicted octanol–water partition coefficient (Wildman–Crippen LogP) is 5.18. The van der Waals surface area contributed by atoms with E-state index in [0.29, 0.717) is 20.9 Å². The Hall–Kier alpha value is -2.87. The average Bonchev–Trinajstić information content (AvgIpc) is 2.76. The Bertz CT molecular complexity index is 1140. The summed E-state index contributed by atoms with van der Waals surface area (Å²) in [5.74, 6) is -0.729. The number of hydrogen-bond donors (Lipinski definition) is 3. The summed E-state index contributed by atoms with van der Waals surface area (Å²) in [6.45, 7) is 1.81. The largest absolute Gasteiger partial charge is 0.359 e. The molecule has 0 spiro atoms. The van der Waals surface area contributed by atoms with Crippen LogP contribution in [0.4, 0.5) is 16.2 Å². The van der Waals surface area contributed by atoms with Gasteiger partial charge in [0.05, 0.1) is 11.7 Å². The van der Waals surface area contributed by atoms with Crippen molar-refractivity contribution < 1.29 is 14.7 Å². The lowest BCUT2D eigenvalue weighted by atomic mass is 9.94. The van der Waals surface area contributed by atoms with Crippen LogP contribution in [-0.2, 0) is 10.5 Å². The van der Waals surface area contributed by atoms with Gasteiger partial charge in [-0.1, -0.05) is 57.9 Å². The maximum absolute atomic E-state index is 13.5. The van der Waals surface area contributed by atoms with Crippen LogP contribution in [0.15, 0.2) is 77.3 Å². The number of halogens is 2. The number of nitrogens with one attached hydrogen (secondary N) is 2. The van der Waals surface area contributed by atoms with Crippen LogP contribution in [0.5, 0.6) is 0 Å².